The van der Waals surface area contributed by atoms with Crippen LogP contribution in [0.15, 0.2) is 12.2 Å². The second kappa shape index (κ2) is 6.57. The lowest BCUT2D eigenvalue weighted by Crippen LogP contribution is -2.56. The first-order valence-electron chi connectivity index (χ1n) is 7.54. The molecule has 23 heavy (non-hydrogen) atoms. The molecule has 0 amide bonds. The maximum absolute atomic E-state index is 12.3. The quantitative estimate of drug-likeness (QED) is 0.443. The van der Waals surface area contributed by atoms with Gasteiger partial charge in [-0.15, -0.1) is 0 Å². The molecule has 1 unspecified atom stereocenters. The fourth-order valence-corrected chi connectivity index (χ4v) is 3.42. The molecule has 0 aliphatic heterocycles. The van der Waals surface area contributed by atoms with Crippen molar-refractivity contribution in [2.45, 2.75) is 64.0 Å². The van der Waals surface area contributed by atoms with E-state index in [1.54, 1.807) is 6.08 Å². The molecule has 2 atom stereocenters. The van der Waals surface area contributed by atoms with E-state index in [4.69, 9.17) is 13.9 Å². The molecule has 0 saturated heterocycles. The molecule has 1 rings (SSSR count). The molecule has 6 nitrogen and oxygen atoms in total. The van der Waals surface area contributed by atoms with E-state index < -0.39 is 37.7 Å². The van der Waals surface area contributed by atoms with Crippen molar-refractivity contribution in [2.24, 2.45) is 0 Å². The Bertz CT molecular complexity index is 531. The highest BCUT2D eigenvalue weighted by atomic mass is 28.4. The Morgan fingerprint density at radius 3 is 2.30 bits per heavy atom. The zero-order valence-corrected chi connectivity index (χ0v) is 15.9. The number of ketones is 1. The molecule has 0 bridgehead atoms. The van der Waals surface area contributed by atoms with Gasteiger partial charge in [0.25, 0.3) is 5.60 Å². The molecule has 0 N–H and O–H groups in total. The first-order valence-corrected chi connectivity index (χ1v) is 10.4. The lowest BCUT2D eigenvalue weighted by Gasteiger charge is -2.41. The predicted octanol–water partition coefficient (Wildman–Crippen LogP) is 2.38. The van der Waals surface area contributed by atoms with E-state index in [9.17, 15) is 14.4 Å². The second-order valence-electron chi connectivity index (χ2n) is 7.26. The lowest BCUT2D eigenvalue weighted by molar-refractivity contribution is -0.185. The number of ether oxygens (including phenoxy) is 2. The molecule has 130 valence electrons. The van der Waals surface area contributed by atoms with Crippen molar-refractivity contribution in [3.05, 3.63) is 12.2 Å². The summed E-state index contributed by atoms with van der Waals surface area (Å²) < 4.78 is 16.0. The summed E-state index contributed by atoms with van der Waals surface area (Å²) in [7, 11) is -0.961. The van der Waals surface area contributed by atoms with Gasteiger partial charge in [-0.2, -0.15) is 0 Å². The summed E-state index contributed by atoms with van der Waals surface area (Å²) in [6.45, 7) is 11.6. The number of rotatable bonds is 4. The number of methoxy groups -OCH3 is 1. The molecule has 0 fully saturated rings. The van der Waals surface area contributed by atoms with E-state index in [-0.39, 0.29) is 11.5 Å². The maximum atomic E-state index is 12.3. The van der Waals surface area contributed by atoms with E-state index in [2.05, 4.69) is 33.9 Å². The van der Waals surface area contributed by atoms with E-state index in [0.717, 1.165) is 14.0 Å². The third-order valence-electron chi connectivity index (χ3n) is 4.43. The fraction of sp³-hybridized carbons (Fsp3) is 0.688. The number of carbonyl (C=O) groups excluding carboxylic acids is 3. The van der Waals surface area contributed by atoms with Crippen LogP contribution in [-0.4, -0.2) is 44.9 Å². The molecule has 0 radical (unpaired) electrons. The van der Waals surface area contributed by atoms with Gasteiger partial charge in [0.05, 0.1) is 13.2 Å². The topological polar surface area (TPSA) is 78.9 Å². The average Bonchev–Trinajstić information content (AvgIpc) is 2.39. The van der Waals surface area contributed by atoms with Gasteiger partial charge in [0.2, 0.25) is 5.78 Å². The third-order valence-corrected chi connectivity index (χ3v) is 8.94. The summed E-state index contributed by atoms with van der Waals surface area (Å²) in [6, 6.07) is 0. The van der Waals surface area contributed by atoms with Crippen molar-refractivity contribution in [2.75, 3.05) is 7.11 Å². The normalized spacial score (nSPS) is 25.2. The highest BCUT2D eigenvalue weighted by Crippen LogP contribution is 2.39. The minimum atomic E-state index is -2.12. The van der Waals surface area contributed by atoms with Crippen LogP contribution in [0.3, 0.4) is 0 Å². The van der Waals surface area contributed by atoms with Gasteiger partial charge in [0.15, 0.2) is 8.32 Å². The summed E-state index contributed by atoms with van der Waals surface area (Å²) in [6.07, 6.45) is 2.29. The Morgan fingerprint density at radius 2 is 1.87 bits per heavy atom. The average molecular weight is 342 g/mol. The van der Waals surface area contributed by atoms with Gasteiger partial charge >= 0.3 is 11.9 Å². The van der Waals surface area contributed by atoms with E-state index in [1.807, 2.05) is 0 Å². The smallest absolute Gasteiger partial charge is 0.358 e. The van der Waals surface area contributed by atoms with Gasteiger partial charge in [-0.05, 0) is 24.2 Å². The van der Waals surface area contributed by atoms with E-state index in [0.29, 0.717) is 0 Å². The molecule has 0 spiro atoms. The monoisotopic (exact) mass is 342 g/mol. The van der Waals surface area contributed by atoms with Crippen molar-refractivity contribution >= 4 is 26.0 Å². The van der Waals surface area contributed by atoms with Crippen LogP contribution in [0.4, 0.5) is 0 Å². The summed E-state index contributed by atoms with van der Waals surface area (Å²) in [4.78, 5) is 35.8. The minimum absolute atomic E-state index is 0.0301. The molecule has 0 aromatic carbocycles. The predicted molar refractivity (Wildman–Crippen MR) is 87.3 cm³/mol. The first-order chi connectivity index (χ1) is 10.4. The summed E-state index contributed by atoms with van der Waals surface area (Å²) in [5.41, 5.74) is -1.96. The lowest BCUT2D eigenvalue weighted by atomic mass is 9.86. The highest BCUT2D eigenvalue weighted by Gasteiger charge is 2.53. The maximum Gasteiger partial charge on any atom is 0.358 e. The van der Waals surface area contributed by atoms with Crippen LogP contribution < -0.4 is 0 Å². The van der Waals surface area contributed by atoms with Crippen molar-refractivity contribution in [3.8, 4) is 0 Å². The molecular formula is C16H26O6Si. The molecule has 0 saturated carbocycles. The van der Waals surface area contributed by atoms with E-state index >= 15 is 0 Å². The van der Waals surface area contributed by atoms with Gasteiger partial charge < -0.3 is 13.9 Å². The molecule has 1 aliphatic carbocycles. The molecule has 0 aromatic heterocycles. The highest BCUT2D eigenvalue weighted by molar-refractivity contribution is 6.74. The summed E-state index contributed by atoms with van der Waals surface area (Å²) in [5, 5.41) is -0.0301. The summed E-state index contributed by atoms with van der Waals surface area (Å²) in [5.74, 6) is -2.20. The van der Waals surface area contributed by atoms with Gasteiger partial charge in [0, 0.05) is 13.3 Å². The number of esters is 2. The van der Waals surface area contributed by atoms with Crippen LogP contribution >= 0.6 is 0 Å². The Labute approximate surface area is 138 Å². The Morgan fingerprint density at radius 1 is 1.30 bits per heavy atom. The third kappa shape index (κ3) is 4.09. The zero-order chi connectivity index (χ0) is 18.1. The van der Waals surface area contributed by atoms with Crippen molar-refractivity contribution in [3.63, 3.8) is 0 Å². The van der Waals surface area contributed by atoms with Crippen LogP contribution in [0.25, 0.3) is 0 Å². The van der Waals surface area contributed by atoms with Gasteiger partial charge in [0.1, 0.15) is 0 Å². The molecule has 0 heterocycles. The molecule has 0 aromatic rings. The first kappa shape index (κ1) is 19.6. The number of hydrogen-bond donors (Lipinski definition) is 0. The van der Waals surface area contributed by atoms with Crippen LogP contribution in [0, 0.1) is 0 Å². The second-order valence-corrected chi connectivity index (χ2v) is 12.0. The van der Waals surface area contributed by atoms with Gasteiger partial charge in [-0.25, -0.2) is 4.79 Å². The Hall–Kier alpha value is -1.47. The molecule has 1 aliphatic rings. The van der Waals surface area contributed by atoms with Crippen LogP contribution in [0.2, 0.25) is 18.1 Å². The number of hydrogen-bond acceptors (Lipinski definition) is 6. The minimum Gasteiger partial charge on any atom is -0.466 e. The SMILES string of the molecule is COC(=O)[C@@]1(OC(C)=O)CC(O[Si](C)(C)C(C)(C)C)C=CC1=O. The van der Waals surface area contributed by atoms with Crippen molar-refractivity contribution < 1.29 is 28.3 Å². The van der Waals surface area contributed by atoms with Gasteiger partial charge in [-0.1, -0.05) is 26.8 Å². The summed E-state index contributed by atoms with van der Waals surface area (Å²) >= 11 is 0. The van der Waals surface area contributed by atoms with Crippen LogP contribution in [0.5, 0.6) is 0 Å². The molecular weight excluding hydrogens is 316 g/mol. The molecule has 7 heteroatoms. The number of carbonyl (C=O) groups is 3. The van der Waals surface area contributed by atoms with Crippen molar-refractivity contribution in [1.29, 1.82) is 0 Å². The Balaban J connectivity index is 3.14. The standard InChI is InChI=1S/C16H26O6Si/c1-11(17)21-16(14(19)20-5)10-12(8-9-13(16)18)22-23(6,7)15(2,3)4/h8-9,12H,10H2,1-7H3/t12?,16-/m1/s1. The van der Waals surface area contributed by atoms with Gasteiger partial charge in [-0.3, -0.25) is 9.59 Å². The largest absolute Gasteiger partial charge is 0.466 e. The van der Waals surface area contributed by atoms with Crippen molar-refractivity contribution in [1.82, 2.24) is 0 Å². The fourth-order valence-electron chi connectivity index (χ4n) is 2.15. The van der Waals surface area contributed by atoms with E-state index in [1.165, 1.54) is 6.08 Å². The van der Waals surface area contributed by atoms with Crippen LogP contribution in [-0.2, 0) is 28.3 Å². The zero-order valence-electron chi connectivity index (χ0n) is 14.9. The Kier molecular flexibility index (Phi) is 5.59. The van der Waals surface area contributed by atoms with Crippen LogP contribution in [0.1, 0.15) is 34.1 Å².